The third-order valence-corrected chi connectivity index (χ3v) is 3.32. The van der Waals surface area contributed by atoms with Crippen LogP contribution in [0.15, 0.2) is 24.3 Å². The Kier molecular flexibility index (Phi) is 5.20. The van der Waals surface area contributed by atoms with Gasteiger partial charge < -0.3 is 5.32 Å². The Hall–Kier alpha value is -0.820. The van der Waals surface area contributed by atoms with E-state index in [0.717, 1.165) is 6.42 Å². The van der Waals surface area contributed by atoms with Crippen molar-refractivity contribution in [3.05, 3.63) is 35.4 Å². The molecule has 0 saturated heterocycles. The smallest absolute Gasteiger partial charge is 0.0317 e. The van der Waals surface area contributed by atoms with Gasteiger partial charge in [0, 0.05) is 6.04 Å². The normalized spacial score (nSPS) is 13.7. The Morgan fingerprint density at radius 1 is 1.12 bits per heavy atom. The van der Waals surface area contributed by atoms with Crippen molar-refractivity contribution in [2.75, 3.05) is 7.05 Å². The SMILES string of the molecule is CCc1ccc(C(CCC(C)(C)C)NC)cc1. The van der Waals surface area contributed by atoms with Crippen LogP contribution in [-0.2, 0) is 6.42 Å². The van der Waals surface area contributed by atoms with Gasteiger partial charge in [-0.25, -0.2) is 0 Å². The molecule has 0 amide bonds. The molecule has 1 rings (SSSR count). The van der Waals surface area contributed by atoms with Gasteiger partial charge in [-0.15, -0.1) is 0 Å². The maximum absolute atomic E-state index is 3.43. The molecule has 0 aromatic heterocycles. The molecular weight excluding hydrogens is 206 g/mol. The predicted molar refractivity (Wildman–Crippen MR) is 76.3 cm³/mol. The van der Waals surface area contributed by atoms with Gasteiger partial charge in [0.1, 0.15) is 0 Å². The van der Waals surface area contributed by atoms with Crippen LogP contribution in [0.4, 0.5) is 0 Å². The van der Waals surface area contributed by atoms with Gasteiger partial charge in [0.2, 0.25) is 0 Å². The summed E-state index contributed by atoms with van der Waals surface area (Å²) >= 11 is 0. The zero-order valence-corrected chi connectivity index (χ0v) is 12.0. The van der Waals surface area contributed by atoms with E-state index < -0.39 is 0 Å². The Morgan fingerprint density at radius 2 is 1.71 bits per heavy atom. The lowest BCUT2D eigenvalue weighted by Crippen LogP contribution is -2.19. The molecule has 17 heavy (non-hydrogen) atoms. The molecular formula is C16H27N. The van der Waals surface area contributed by atoms with Crippen LogP contribution >= 0.6 is 0 Å². The molecule has 0 saturated carbocycles. The van der Waals surface area contributed by atoms with Crippen molar-refractivity contribution in [1.82, 2.24) is 5.32 Å². The van der Waals surface area contributed by atoms with Crippen LogP contribution in [0.2, 0.25) is 0 Å². The lowest BCUT2D eigenvalue weighted by Gasteiger charge is -2.23. The summed E-state index contributed by atoms with van der Waals surface area (Å²) < 4.78 is 0. The molecule has 1 aromatic carbocycles. The summed E-state index contributed by atoms with van der Waals surface area (Å²) in [5, 5.41) is 3.43. The van der Waals surface area contributed by atoms with Gasteiger partial charge in [-0.2, -0.15) is 0 Å². The molecule has 0 aliphatic rings. The second-order valence-corrected chi connectivity index (χ2v) is 6.04. The van der Waals surface area contributed by atoms with E-state index in [9.17, 15) is 0 Å². The number of benzene rings is 1. The Labute approximate surface area is 107 Å². The Bertz CT molecular complexity index is 318. The molecule has 0 aliphatic heterocycles. The second-order valence-electron chi connectivity index (χ2n) is 6.04. The highest BCUT2D eigenvalue weighted by molar-refractivity contribution is 5.25. The third kappa shape index (κ3) is 4.91. The number of aryl methyl sites for hydroxylation is 1. The largest absolute Gasteiger partial charge is 0.313 e. The number of rotatable bonds is 5. The first-order valence-electron chi connectivity index (χ1n) is 6.72. The monoisotopic (exact) mass is 233 g/mol. The molecule has 1 unspecified atom stereocenters. The van der Waals surface area contributed by atoms with Gasteiger partial charge in [0.25, 0.3) is 0 Å². The minimum atomic E-state index is 0.415. The van der Waals surface area contributed by atoms with Crippen LogP contribution in [0.3, 0.4) is 0 Å². The van der Waals surface area contributed by atoms with Gasteiger partial charge in [-0.3, -0.25) is 0 Å². The average molecular weight is 233 g/mol. The van der Waals surface area contributed by atoms with E-state index in [2.05, 4.69) is 64.3 Å². The first-order chi connectivity index (χ1) is 7.96. The summed E-state index contributed by atoms with van der Waals surface area (Å²) in [5.41, 5.74) is 3.24. The van der Waals surface area contributed by atoms with E-state index in [1.54, 1.807) is 0 Å². The zero-order valence-electron chi connectivity index (χ0n) is 12.0. The summed E-state index contributed by atoms with van der Waals surface area (Å²) in [6.07, 6.45) is 3.56. The summed E-state index contributed by atoms with van der Waals surface area (Å²) in [4.78, 5) is 0. The van der Waals surface area contributed by atoms with Crippen LogP contribution in [-0.4, -0.2) is 7.05 Å². The van der Waals surface area contributed by atoms with Crippen molar-refractivity contribution in [2.45, 2.75) is 53.0 Å². The van der Waals surface area contributed by atoms with Crippen molar-refractivity contribution >= 4 is 0 Å². The summed E-state index contributed by atoms with van der Waals surface area (Å²) in [6.45, 7) is 9.11. The lowest BCUT2D eigenvalue weighted by atomic mass is 9.87. The molecule has 96 valence electrons. The molecule has 1 aromatic rings. The third-order valence-electron chi connectivity index (χ3n) is 3.32. The fourth-order valence-corrected chi connectivity index (χ4v) is 2.04. The fraction of sp³-hybridized carbons (Fsp3) is 0.625. The lowest BCUT2D eigenvalue weighted by molar-refractivity contribution is 0.338. The van der Waals surface area contributed by atoms with Crippen molar-refractivity contribution in [3.8, 4) is 0 Å². The molecule has 0 aliphatic carbocycles. The first kappa shape index (κ1) is 14.2. The zero-order chi connectivity index (χ0) is 12.9. The molecule has 1 N–H and O–H groups in total. The highest BCUT2D eigenvalue weighted by Gasteiger charge is 2.15. The Balaban J connectivity index is 2.66. The summed E-state index contributed by atoms with van der Waals surface area (Å²) in [5.74, 6) is 0. The minimum Gasteiger partial charge on any atom is -0.313 e. The van der Waals surface area contributed by atoms with E-state index in [0.29, 0.717) is 11.5 Å². The van der Waals surface area contributed by atoms with Gasteiger partial charge in [0.05, 0.1) is 0 Å². The van der Waals surface area contributed by atoms with Crippen LogP contribution in [0, 0.1) is 5.41 Å². The highest BCUT2D eigenvalue weighted by Crippen LogP contribution is 2.27. The van der Waals surface area contributed by atoms with Crippen LogP contribution in [0.25, 0.3) is 0 Å². The standard InChI is InChI=1S/C16H27N/c1-6-13-7-9-14(10-8-13)15(17-5)11-12-16(2,3)4/h7-10,15,17H,6,11-12H2,1-5H3. The molecule has 1 atom stereocenters. The number of nitrogens with one attached hydrogen (secondary N) is 1. The van der Waals surface area contributed by atoms with Crippen LogP contribution < -0.4 is 5.32 Å². The minimum absolute atomic E-state index is 0.415. The molecule has 0 spiro atoms. The van der Waals surface area contributed by atoms with E-state index in [4.69, 9.17) is 0 Å². The number of hydrogen-bond acceptors (Lipinski definition) is 1. The van der Waals surface area contributed by atoms with Crippen LogP contribution in [0.1, 0.15) is 57.7 Å². The fourth-order valence-electron chi connectivity index (χ4n) is 2.04. The van der Waals surface area contributed by atoms with E-state index in [-0.39, 0.29) is 0 Å². The quantitative estimate of drug-likeness (QED) is 0.798. The maximum Gasteiger partial charge on any atom is 0.0317 e. The van der Waals surface area contributed by atoms with Gasteiger partial charge >= 0.3 is 0 Å². The molecule has 0 bridgehead atoms. The van der Waals surface area contributed by atoms with E-state index >= 15 is 0 Å². The summed E-state index contributed by atoms with van der Waals surface area (Å²) in [7, 11) is 2.06. The summed E-state index contributed by atoms with van der Waals surface area (Å²) in [6, 6.07) is 9.51. The molecule has 1 nitrogen and oxygen atoms in total. The van der Waals surface area contributed by atoms with Crippen LogP contribution in [0.5, 0.6) is 0 Å². The van der Waals surface area contributed by atoms with Crippen molar-refractivity contribution in [2.24, 2.45) is 5.41 Å². The van der Waals surface area contributed by atoms with E-state index in [1.165, 1.54) is 24.0 Å². The molecule has 0 fully saturated rings. The molecule has 1 heteroatoms. The van der Waals surface area contributed by atoms with E-state index in [1.807, 2.05) is 0 Å². The average Bonchev–Trinajstić information content (AvgIpc) is 2.29. The van der Waals surface area contributed by atoms with Crippen molar-refractivity contribution in [3.63, 3.8) is 0 Å². The van der Waals surface area contributed by atoms with Gasteiger partial charge in [-0.1, -0.05) is 52.0 Å². The second kappa shape index (κ2) is 6.20. The molecule has 0 radical (unpaired) electrons. The Morgan fingerprint density at radius 3 is 2.12 bits per heavy atom. The van der Waals surface area contributed by atoms with Crippen molar-refractivity contribution in [1.29, 1.82) is 0 Å². The van der Waals surface area contributed by atoms with Crippen molar-refractivity contribution < 1.29 is 0 Å². The van der Waals surface area contributed by atoms with Gasteiger partial charge in [0.15, 0.2) is 0 Å². The topological polar surface area (TPSA) is 12.0 Å². The highest BCUT2D eigenvalue weighted by atomic mass is 14.9. The van der Waals surface area contributed by atoms with Gasteiger partial charge in [-0.05, 0) is 42.9 Å². The maximum atomic E-state index is 3.43. The number of hydrogen-bond donors (Lipinski definition) is 1. The first-order valence-corrected chi connectivity index (χ1v) is 6.72. The molecule has 0 heterocycles. The predicted octanol–water partition coefficient (Wildman–Crippen LogP) is 4.34.